The number of azide groups is 3. The third-order valence-electron chi connectivity index (χ3n) is 7.13. The van der Waals surface area contributed by atoms with Crippen molar-refractivity contribution < 1.29 is 39.3 Å². The maximum atomic E-state index is 11.6. The Balaban J connectivity index is 0.000000736. The van der Waals surface area contributed by atoms with E-state index in [4.69, 9.17) is 49.1 Å². The highest BCUT2D eigenvalue weighted by atomic mass is 16.4. The van der Waals surface area contributed by atoms with Crippen molar-refractivity contribution in [1.82, 2.24) is 10.2 Å². The van der Waals surface area contributed by atoms with Gasteiger partial charge in [-0.15, -0.1) is 0 Å². The number of rotatable bonds is 20. The molecule has 51 heavy (non-hydrogen) atoms. The molecule has 1 unspecified atom stereocenters. The van der Waals surface area contributed by atoms with Crippen molar-refractivity contribution >= 4 is 29.7 Å². The Morgan fingerprint density at radius 3 is 1.96 bits per heavy atom. The molecule has 1 saturated heterocycles. The molecule has 2 amide bonds. The summed E-state index contributed by atoms with van der Waals surface area (Å²) in [6.07, 6.45) is 5.16. The lowest BCUT2D eigenvalue weighted by Crippen LogP contribution is -2.46. The van der Waals surface area contributed by atoms with Gasteiger partial charge in [-0.2, -0.15) is 0 Å². The molecule has 2 rings (SSSR count). The average molecular weight is 719 g/mol. The third kappa shape index (κ3) is 22.6. The number of aliphatic carboxylic acids is 3. The maximum Gasteiger partial charge on any atom is 0.322 e. The van der Waals surface area contributed by atoms with E-state index in [-0.39, 0.29) is 24.8 Å². The molecule has 0 aromatic heterocycles. The second kappa shape index (κ2) is 27.2. The second-order valence-electron chi connectivity index (χ2n) is 11.2. The van der Waals surface area contributed by atoms with Gasteiger partial charge in [0.25, 0.3) is 0 Å². The van der Waals surface area contributed by atoms with Gasteiger partial charge in [-0.3, -0.25) is 19.2 Å². The molecule has 1 fully saturated rings. The van der Waals surface area contributed by atoms with Gasteiger partial charge in [-0.25, -0.2) is 4.79 Å². The van der Waals surface area contributed by atoms with Crippen LogP contribution in [0.15, 0.2) is 39.6 Å². The lowest BCUT2D eigenvalue weighted by atomic mass is 10.0. The highest BCUT2D eigenvalue weighted by Gasteiger charge is 2.26. The summed E-state index contributed by atoms with van der Waals surface area (Å²) in [6, 6.07) is 3.74. The number of hydrogen-bond acceptors (Lipinski definition) is 11. The monoisotopic (exact) mass is 718 g/mol. The summed E-state index contributed by atoms with van der Waals surface area (Å²) in [7, 11) is 0. The van der Waals surface area contributed by atoms with Crippen LogP contribution in [0, 0.1) is 0 Å². The van der Waals surface area contributed by atoms with Crippen LogP contribution in [-0.2, 0) is 32.1 Å². The maximum absolute atomic E-state index is 11.6. The molecule has 0 saturated carbocycles. The Bertz CT molecular complexity index is 1410. The molecule has 0 spiro atoms. The number of unbranched alkanes of at least 4 members (excludes halogenated alkanes) is 2. The molecular weight excluding hydrogens is 672 g/mol. The Morgan fingerprint density at radius 2 is 1.39 bits per heavy atom. The van der Waals surface area contributed by atoms with E-state index in [1.165, 1.54) is 4.90 Å². The number of hydrogen-bond donors (Lipinski definition) is 7. The van der Waals surface area contributed by atoms with E-state index in [0.717, 1.165) is 30.4 Å². The van der Waals surface area contributed by atoms with Crippen LogP contribution in [0.2, 0.25) is 0 Å². The Hall–Kier alpha value is -5.62. The van der Waals surface area contributed by atoms with E-state index in [1.54, 1.807) is 24.3 Å². The highest BCUT2D eigenvalue weighted by molar-refractivity contribution is 5.78. The molecular formula is C29H46N14O8. The number of Topliss-reactive ketones (excluding diaryl/α,β-unsaturated/α-hetero) is 1. The van der Waals surface area contributed by atoms with Gasteiger partial charge in [0.15, 0.2) is 0 Å². The first kappa shape index (κ1) is 45.4. The Labute approximate surface area is 293 Å². The first-order valence-electron chi connectivity index (χ1n) is 15.9. The fourth-order valence-corrected chi connectivity index (χ4v) is 4.23. The lowest BCUT2D eigenvalue weighted by Gasteiger charge is -2.17. The summed E-state index contributed by atoms with van der Waals surface area (Å²) < 4.78 is 0. The molecule has 10 N–H and O–H groups in total. The Morgan fingerprint density at radius 1 is 0.804 bits per heavy atom. The molecule has 4 atom stereocenters. The van der Waals surface area contributed by atoms with Gasteiger partial charge in [0.2, 0.25) is 0 Å². The molecule has 22 heteroatoms. The van der Waals surface area contributed by atoms with Gasteiger partial charge < -0.3 is 42.7 Å². The zero-order valence-electron chi connectivity index (χ0n) is 28.1. The Kier molecular flexibility index (Phi) is 24.2. The quantitative estimate of drug-likeness (QED) is 0.0444. The van der Waals surface area contributed by atoms with Crippen molar-refractivity contribution in [2.45, 2.75) is 88.5 Å². The van der Waals surface area contributed by atoms with Crippen molar-refractivity contribution in [3.8, 4) is 0 Å². The minimum Gasteiger partial charge on any atom is -0.480 e. The second-order valence-corrected chi connectivity index (χ2v) is 11.2. The van der Waals surface area contributed by atoms with Gasteiger partial charge >= 0.3 is 23.9 Å². The van der Waals surface area contributed by atoms with Gasteiger partial charge in [0.1, 0.15) is 23.9 Å². The van der Waals surface area contributed by atoms with E-state index in [0.29, 0.717) is 58.3 Å². The van der Waals surface area contributed by atoms with E-state index in [1.807, 2.05) is 0 Å². The smallest absolute Gasteiger partial charge is 0.322 e. The summed E-state index contributed by atoms with van der Waals surface area (Å²) in [6.45, 7) is 1.35. The van der Waals surface area contributed by atoms with Crippen molar-refractivity contribution in [2.24, 2.45) is 32.5 Å². The molecule has 1 aliphatic heterocycles. The van der Waals surface area contributed by atoms with Crippen molar-refractivity contribution in [2.75, 3.05) is 26.2 Å². The number of likely N-dealkylation sites (tertiary alicyclic amines) is 1. The first-order chi connectivity index (χ1) is 24.2. The minimum atomic E-state index is -1.17. The van der Waals surface area contributed by atoms with Crippen LogP contribution in [0.25, 0.3) is 31.3 Å². The number of carbonyl (C=O) groups is 5. The number of urea groups is 1. The number of carboxylic acid groups (broad SMARTS) is 3. The van der Waals surface area contributed by atoms with Crippen molar-refractivity contribution in [1.29, 1.82) is 0 Å². The topological polar surface area (TPSA) is 386 Å². The van der Waals surface area contributed by atoms with Crippen LogP contribution < -0.4 is 22.5 Å². The van der Waals surface area contributed by atoms with Crippen molar-refractivity contribution in [3.05, 3.63) is 66.7 Å². The molecule has 1 aromatic rings. The first-order valence-corrected chi connectivity index (χ1v) is 15.9. The zero-order chi connectivity index (χ0) is 38.6. The molecule has 1 aromatic carbocycles. The predicted molar refractivity (Wildman–Crippen MR) is 184 cm³/mol. The zero-order valence-corrected chi connectivity index (χ0v) is 28.1. The molecule has 1 heterocycles. The lowest BCUT2D eigenvalue weighted by molar-refractivity contribution is -0.139. The van der Waals surface area contributed by atoms with Gasteiger partial charge in [0.05, 0.1) is 12.6 Å². The van der Waals surface area contributed by atoms with Gasteiger partial charge in [-0.05, 0) is 59.8 Å². The minimum absolute atomic E-state index is 0.128. The average Bonchev–Trinajstić information content (AvgIpc) is 3.57. The van der Waals surface area contributed by atoms with Crippen LogP contribution in [0.3, 0.4) is 0 Å². The SMILES string of the molecule is [N-]=[N+]=NC1CCN(C(=O)NC[C@H](N)C(=O)O)C1.[N-]=[N+]=NCCCC(=O)CCCCC[C@H](N)C(=O)O.[N-]=[N+]=NCc1ccc(C[C@H](N)C(=O)O)cc1. The normalized spacial score (nSPS) is 14.6. The van der Waals surface area contributed by atoms with E-state index >= 15 is 0 Å². The summed E-state index contributed by atoms with van der Waals surface area (Å²) in [5, 5.41) is 38.4. The van der Waals surface area contributed by atoms with Crippen LogP contribution >= 0.6 is 0 Å². The number of nitrogens with two attached hydrogens (primary N) is 3. The number of nitrogens with zero attached hydrogens (tertiary/aromatic N) is 10. The standard InChI is InChI=1S/C11H20N4O3.C10H12N4O2.C8H14N6O3/c12-10(11(17)18)7-3-1-2-5-9(16)6-4-8-14-15-13;11-9(10(15)16)5-7-1-3-8(4-2-7)6-13-14-12;9-6(7(15)16)3-11-8(17)14-2-1-5(4-14)12-13-10/h10H,1-8,12H2,(H,17,18);1-4,9H,5-6,11H2,(H,15,16);5-6H,1-4,9H2,(H,11,17)(H,15,16)/t10-;9-;5?,6-/m000/s1. The number of carboxylic acids is 3. The molecule has 0 aliphatic carbocycles. The van der Waals surface area contributed by atoms with Crippen molar-refractivity contribution in [3.63, 3.8) is 0 Å². The molecule has 1 aliphatic rings. The van der Waals surface area contributed by atoms with E-state index < -0.39 is 42.1 Å². The fraction of sp³-hybridized carbons (Fsp3) is 0.621. The largest absolute Gasteiger partial charge is 0.480 e. The van der Waals surface area contributed by atoms with Gasteiger partial charge in [0, 0.05) is 53.8 Å². The number of ketones is 1. The summed E-state index contributed by atoms with van der Waals surface area (Å²) in [5.74, 6) is -3.01. The molecule has 22 nitrogen and oxygen atoms in total. The van der Waals surface area contributed by atoms with Crippen LogP contribution in [0.5, 0.6) is 0 Å². The predicted octanol–water partition coefficient (Wildman–Crippen LogP) is 2.95. The third-order valence-corrected chi connectivity index (χ3v) is 7.13. The number of nitrogens with one attached hydrogen (secondary N) is 1. The number of amides is 2. The summed E-state index contributed by atoms with van der Waals surface area (Å²) in [5.41, 5.74) is 42.1. The molecule has 0 bridgehead atoms. The summed E-state index contributed by atoms with van der Waals surface area (Å²) in [4.78, 5) is 63.7. The van der Waals surface area contributed by atoms with Crippen LogP contribution in [0.1, 0.15) is 62.5 Å². The van der Waals surface area contributed by atoms with Crippen LogP contribution in [-0.4, -0.2) is 100 Å². The highest BCUT2D eigenvalue weighted by Crippen LogP contribution is 2.12. The van der Waals surface area contributed by atoms with E-state index in [9.17, 15) is 24.0 Å². The van der Waals surface area contributed by atoms with E-state index in [2.05, 4.69) is 35.4 Å². The fourth-order valence-electron chi connectivity index (χ4n) is 4.23. The molecule has 280 valence electrons. The van der Waals surface area contributed by atoms with Gasteiger partial charge in [-0.1, -0.05) is 52.4 Å². The molecule has 0 radical (unpaired) electrons. The summed E-state index contributed by atoms with van der Waals surface area (Å²) >= 11 is 0. The number of benzene rings is 1. The number of carbonyl (C=O) groups excluding carboxylic acids is 2. The van der Waals surface area contributed by atoms with Crippen LogP contribution in [0.4, 0.5) is 4.79 Å².